The molecule has 0 aliphatic rings. The molecule has 0 bridgehead atoms. The molecule has 0 aromatic heterocycles. The second kappa shape index (κ2) is 7.13. The molecule has 0 atom stereocenters. The van der Waals surface area contributed by atoms with Crippen LogP contribution in [0.5, 0.6) is 0 Å². The number of hydrogen-bond donors (Lipinski definition) is 0. The van der Waals surface area contributed by atoms with Crippen LogP contribution >= 0.6 is 11.8 Å². The molecule has 0 aliphatic carbocycles. The van der Waals surface area contributed by atoms with Crippen molar-refractivity contribution in [2.24, 2.45) is 0 Å². The van der Waals surface area contributed by atoms with Gasteiger partial charge in [-0.2, -0.15) is 13.2 Å². The van der Waals surface area contributed by atoms with Crippen molar-refractivity contribution in [2.45, 2.75) is 19.5 Å². The summed E-state index contributed by atoms with van der Waals surface area (Å²) in [6.45, 7) is 1.40. The average molecular weight is 317 g/mol. The van der Waals surface area contributed by atoms with Gasteiger partial charge in [-0.3, -0.25) is 14.9 Å². The highest BCUT2D eigenvalue weighted by atomic mass is 32.2. The first-order valence-electron chi connectivity index (χ1n) is 5.69. The lowest BCUT2D eigenvalue weighted by Gasteiger charge is -2.06. The van der Waals surface area contributed by atoms with Crippen molar-refractivity contribution < 1.29 is 22.9 Å². The standard InChI is InChI=1S/C13H10F3NO3S/c1-9(18)21-5-3-2-4-10-6-11(13(14,15)16)8-12(7-10)17(19)20/h6-8H,3,5H2,1H3. The first-order chi connectivity index (χ1) is 9.70. The van der Waals surface area contributed by atoms with Crippen LogP contribution < -0.4 is 0 Å². The zero-order chi connectivity index (χ0) is 16.0. The monoisotopic (exact) mass is 317 g/mol. The third-order valence-electron chi connectivity index (χ3n) is 2.22. The molecule has 0 heterocycles. The molecule has 112 valence electrons. The maximum atomic E-state index is 12.6. The lowest BCUT2D eigenvalue weighted by Crippen LogP contribution is -2.06. The van der Waals surface area contributed by atoms with Crippen molar-refractivity contribution in [3.05, 3.63) is 39.4 Å². The van der Waals surface area contributed by atoms with Crippen LogP contribution in [0.4, 0.5) is 18.9 Å². The molecule has 0 unspecified atom stereocenters. The fraction of sp³-hybridized carbons (Fsp3) is 0.308. The van der Waals surface area contributed by atoms with Crippen molar-refractivity contribution in [3.63, 3.8) is 0 Å². The topological polar surface area (TPSA) is 60.2 Å². The smallest absolute Gasteiger partial charge is 0.288 e. The highest BCUT2D eigenvalue weighted by Gasteiger charge is 2.32. The lowest BCUT2D eigenvalue weighted by atomic mass is 10.1. The van der Waals surface area contributed by atoms with E-state index in [0.29, 0.717) is 18.2 Å². The average Bonchev–Trinajstić information content (AvgIpc) is 2.36. The summed E-state index contributed by atoms with van der Waals surface area (Å²) in [5.74, 6) is 5.46. The number of thioether (sulfide) groups is 1. The summed E-state index contributed by atoms with van der Waals surface area (Å²) < 4.78 is 37.9. The van der Waals surface area contributed by atoms with Gasteiger partial charge in [0.15, 0.2) is 5.12 Å². The van der Waals surface area contributed by atoms with E-state index in [4.69, 9.17) is 0 Å². The lowest BCUT2D eigenvalue weighted by molar-refractivity contribution is -0.385. The van der Waals surface area contributed by atoms with Crippen LogP contribution in [-0.2, 0) is 11.0 Å². The molecule has 0 N–H and O–H groups in total. The molecular formula is C13H10F3NO3S. The SMILES string of the molecule is CC(=O)SCCC#Cc1cc([N+](=O)[O-])cc(C(F)(F)F)c1. The molecule has 1 aromatic rings. The number of halogens is 3. The molecule has 1 rings (SSSR count). The van der Waals surface area contributed by atoms with Gasteiger partial charge >= 0.3 is 6.18 Å². The van der Waals surface area contributed by atoms with Crippen LogP contribution in [0.25, 0.3) is 0 Å². The normalized spacial score (nSPS) is 10.7. The highest BCUT2D eigenvalue weighted by Crippen LogP contribution is 2.32. The molecular weight excluding hydrogens is 307 g/mol. The van der Waals surface area contributed by atoms with E-state index in [0.717, 1.165) is 23.9 Å². The fourth-order valence-corrected chi connectivity index (χ4v) is 1.85. The molecule has 0 saturated carbocycles. The van der Waals surface area contributed by atoms with Crippen molar-refractivity contribution >= 4 is 22.6 Å². The maximum absolute atomic E-state index is 12.6. The largest absolute Gasteiger partial charge is 0.416 e. The van der Waals surface area contributed by atoms with Crippen molar-refractivity contribution in [1.29, 1.82) is 0 Å². The van der Waals surface area contributed by atoms with Gasteiger partial charge in [0.2, 0.25) is 0 Å². The maximum Gasteiger partial charge on any atom is 0.416 e. The fourth-order valence-electron chi connectivity index (χ4n) is 1.36. The van der Waals surface area contributed by atoms with E-state index in [1.54, 1.807) is 0 Å². The molecule has 0 amide bonds. The van der Waals surface area contributed by atoms with Crippen LogP contribution in [0.15, 0.2) is 18.2 Å². The Morgan fingerprint density at radius 3 is 2.57 bits per heavy atom. The molecule has 0 aliphatic heterocycles. The van der Waals surface area contributed by atoms with Gasteiger partial charge in [-0.15, -0.1) is 0 Å². The van der Waals surface area contributed by atoms with Crippen LogP contribution in [0, 0.1) is 22.0 Å². The van der Waals surface area contributed by atoms with Crippen LogP contribution in [0.2, 0.25) is 0 Å². The third kappa shape index (κ3) is 5.87. The summed E-state index contributed by atoms with van der Waals surface area (Å²) in [4.78, 5) is 20.4. The van der Waals surface area contributed by atoms with Gasteiger partial charge in [0.05, 0.1) is 10.5 Å². The summed E-state index contributed by atoms with van der Waals surface area (Å²) in [7, 11) is 0. The Labute approximate surface area is 122 Å². The number of non-ortho nitro benzene ring substituents is 1. The van der Waals surface area contributed by atoms with Crippen LogP contribution in [0.1, 0.15) is 24.5 Å². The zero-order valence-corrected chi connectivity index (χ0v) is 11.7. The predicted molar refractivity (Wildman–Crippen MR) is 72.7 cm³/mol. The van der Waals surface area contributed by atoms with E-state index in [-0.39, 0.29) is 10.7 Å². The molecule has 0 saturated heterocycles. The van der Waals surface area contributed by atoms with Crippen LogP contribution in [0.3, 0.4) is 0 Å². The Hall–Kier alpha value is -2.01. The van der Waals surface area contributed by atoms with Crippen molar-refractivity contribution in [3.8, 4) is 11.8 Å². The minimum absolute atomic E-state index is 0.0773. The van der Waals surface area contributed by atoms with Gasteiger partial charge in [-0.1, -0.05) is 23.6 Å². The van der Waals surface area contributed by atoms with Gasteiger partial charge in [0.1, 0.15) is 0 Å². The minimum atomic E-state index is -4.67. The number of hydrogen-bond acceptors (Lipinski definition) is 4. The van der Waals surface area contributed by atoms with Crippen molar-refractivity contribution in [1.82, 2.24) is 0 Å². The summed E-state index contributed by atoms with van der Waals surface area (Å²) in [6.07, 6.45) is -4.37. The van der Waals surface area contributed by atoms with E-state index < -0.39 is 22.4 Å². The van der Waals surface area contributed by atoms with E-state index in [2.05, 4.69) is 11.8 Å². The Morgan fingerprint density at radius 1 is 1.38 bits per heavy atom. The number of nitrogens with zero attached hydrogens (tertiary/aromatic N) is 1. The molecule has 0 radical (unpaired) electrons. The van der Waals surface area contributed by atoms with Gasteiger partial charge in [-0.25, -0.2) is 0 Å². The van der Waals surface area contributed by atoms with Crippen molar-refractivity contribution in [2.75, 3.05) is 5.75 Å². The predicted octanol–water partition coefficient (Wildman–Crippen LogP) is 3.63. The summed E-state index contributed by atoms with van der Waals surface area (Å²) in [5, 5.41) is 10.6. The molecule has 1 aromatic carbocycles. The number of carbonyl (C=O) groups is 1. The Morgan fingerprint density at radius 2 is 2.05 bits per heavy atom. The number of benzene rings is 1. The summed E-state index contributed by atoms with van der Waals surface area (Å²) >= 11 is 1.05. The number of alkyl halides is 3. The van der Waals surface area contributed by atoms with E-state index >= 15 is 0 Å². The van der Waals surface area contributed by atoms with Gasteiger partial charge in [-0.05, 0) is 6.07 Å². The molecule has 0 fully saturated rings. The van der Waals surface area contributed by atoms with E-state index in [1.807, 2.05) is 0 Å². The Bertz CT molecular complexity index is 617. The Balaban J connectivity index is 2.96. The third-order valence-corrected chi connectivity index (χ3v) is 3.04. The molecule has 8 heteroatoms. The Kier molecular flexibility index (Phi) is 5.79. The second-order valence-corrected chi connectivity index (χ2v) is 5.19. The van der Waals surface area contributed by atoms with Gasteiger partial charge in [0, 0.05) is 36.8 Å². The number of rotatable bonds is 3. The van der Waals surface area contributed by atoms with E-state index in [1.165, 1.54) is 6.92 Å². The van der Waals surface area contributed by atoms with Gasteiger partial charge < -0.3 is 0 Å². The quantitative estimate of drug-likeness (QED) is 0.370. The first kappa shape index (κ1) is 17.0. The zero-order valence-electron chi connectivity index (χ0n) is 10.9. The highest BCUT2D eigenvalue weighted by molar-refractivity contribution is 8.13. The first-order valence-corrected chi connectivity index (χ1v) is 6.67. The van der Waals surface area contributed by atoms with Gasteiger partial charge in [0.25, 0.3) is 5.69 Å². The second-order valence-electron chi connectivity index (χ2n) is 3.92. The van der Waals surface area contributed by atoms with E-state index in [9.17, 15) is 28.1 Å². The van der Waals surface area contributed by atoms with Crippen LogP contribution in [-0.4, -0.2) is 15.8 Å². The molecule has 4 nitrogen and oxygen atoms in total. The minimum Gasteiger partial charge on any atom is -0.288 e. The summed E-state index contributed by atoms with van der Waals surface area (Å²) in [6, 6.07) is 2.22. The molecule has 21 heavy (non-hydrogen) atoms. The summed E-state index contributed by atoms with van der Waals surface area (Å²) in [5.41, 5.74) is -1.85. The molecule has 0 spiro atoms. The number of carbonyl (C=O) groups excluding carboxylic acids is 1. The number of nitro benzene ring substituents is 1. The number of nitro groups is 1.